The number of hydrogen-bond donors (Lipinski definition) is 2. The van der Waals surface area contributed by atoms with Crippen molar-refractivity contribution < 1.29 is 28.6 Å². The van der Waals surface area contributed by atoms with Crippen LogP contribution in [0.25, 0.3) is 0 Å². The molecule has 0 atom stereocenters. The van der Waals surface area contributed by atoms with Crippen LogP contribution in [-0.4, -0.2) is 44.3 Å². The fraction of sp³-hybridized carbons (Fsp3) is 0.273. The van der Waals surface area contributed by atoms with Crippen LogP contribution in [-0.2, 0) is 19.1 Å². The highest BCUT2D eigenvalue weighted by Crippen LogP contribution is 2.28. The monoisotopic (exact) mass is 427 g/mol. The molecule has 0 aliphatic carbocycles. The molecule has 2 N–H and O–H groups in total. The van der Waals surface area contributed by atoms with Gasteiger partial charge in [0.2, 0.25) is 11.8 Å². The number of nitrogens with zero attached hydrogens (tertiary/aromatic N) is 1. The fourth-order valence-corrected chi connectivity index (χ4v) is 2.46. The second kappa shape index (κ2) is 12.0. The summed E-state index contributed by atoms with van der Waals surface area (Å²) < 4.78 is 15.4. The smallest absolute Gasteiger partial charge is 0.343 e. The van der Waals surface area contributed by atoms with Crippen LogP contribution in [0, 0.1) is 6.92 Å². The average molecular weight is 427 g/mol. The van der Waals surface area contributed by atoms with Crippen LogP contribution in [0.15, 0.2) is 47.6 Å². The molecule has 0 spiro atoms. The van der Waals surface area contributed by atoms with E-state index in [2.05, 4.69) is 20.6 Å². The molecule has 0 saturated carbocycles. The highest BCUT2D eigenvalue weighted by Gasteiger charge is 2.11. The number of amides is 2. The van der Waals surface area contributed by atoms with Crippen molar-refractivity contribution in [3.05, 3.63) is 53.6 Å². The standard InChI is InChI=1S/C22H25N3O6/c1-4-30-19-11-16(9-10-18(19)31-14-22(28)29-3)13-23-25-21(27)12-20(26)24-17-8-6-5-7-15(17)2/h5-11,13H,4,12,14H2,1-3H3,(H,24,26)(H,25,27). The molecule has 0 aliphatic heterocycles. The summed E-state index contributed by atoms with van der Waals surface area (Å²) in [4.78, 5) is 35.2. The van der Waals surface area contributed by atoms with Gasteiger partial charge in [-0.25, -0.2) is 10.2 Å². The van der Waals surface area contributed by atoms with Gasteiger partial charge in [0, 0.05) is 5.69 Å². The summed E-state index contributed by atoms with van der Waals surface area (Å²) in [5.41, 5.74) is 4.49. The van der Waals surface area contributed by atoms with Crippen LogP contribution in [0.2, 0.25) is 0 Å². The Bertz CT molecular complexity index is 958. The molecular weight excluding hydrogens is 402 g/mol. The van der Waals surface area contributed by atoms with Gasteiger partial charge in [0.25, 0.3) is 0 Å². The van der Waals surface area contributed by atoms with Crippen molar-refractivity contribution in [3.8, 4) is 11.5 Å². The summed E-state index contributed by atoms with van der Waals surface area (Å²) in [5, 5.41) is 6.55. The van der Waals surface area contributed by atoms with Crippen LogP contribution in [0.3, 0.4) is 0 Å². The lowest BCUT2D eigenvalue weighted by Gasteiger charge is -2.11. The molecule has 0 bridgehead atoms. The van der Waals surface area contributed by atoms with Gasteiger partial charge < -0.3 is 19.5 Å². The third kappa shape index (κ3) is 7.81. The first-order valence-electron chi connectivity index (χ1n) is 9.56. The van der Waals surface area contributed by atoms with Crippen molar-refractivity contribution in [1.29, 1.82) is 0 Å². The van der Waals surface area contributed by atoms with Crippen LogP contribution in [0.1, 0.15) is 24.5 Å². The number of anilines is 1. The van der Waals surface area contributed by atoms with Gasteiger partial charge in [-0.05, 0) is 49.2 Å². The van der Waals surface area contributed by atoms with Gasteiger partial charge >= 0.3 is 5.97 Å². The van der Waals surface area contributed by atoms with Crippen molar-refractivity contribution >= 4 is 29.7 Å². The van der Waals surface area contributed by atoms with Crippen molar-refractivity contribution in [3.63, 3.8) is 0 Å². The number of hydrogen-bond acceptors (Lipinski definition) is 7. The van der Waals surface area contributed by atoms with Gasteiger partial charge in [0.05, 0.1) is 19.9 Å². The summed E-state index contributed by atoms with van der Waals surface area (Å²) in [6.07, 6.45) is 1.04. The van der Waals surface area contributed by atoms with E-state index in [1.807, 2.05) is 26.0 Å². The van der Waals surface area contributed by atoms with E-state index < -0.39 is 17.8 Å². The second-order valence-electron chi connectivity index (χ2n) is 6.34. The van der Waals surface area contributed by atoms with Gasteiger partial charge in [0.1, 0.15) is 6.42 Å². The summed E-state index contributed by atoms with van der Waals surface area (Å²) in [5.74, 6) is -0.707. The van der Waals surface area contributed by atoms with Crippen LogP contribution in [0.5, 0.6) is 11.5 Å². The maximum Gasteiger partial charge on any atom is 0.343 e. The SMILES string of the molecule is CCOc1cc(C=NNC(=O)CC(=O)Nc2ccccc2C)ccc1OCC(=O)OC. The van der Waals surface area contributed by atoms with Crippen molar-refractivity contribution in [2.75, 3.05) is 25.6 Å². The van der Waals surface area contributed by atoms with E-state index >= 15 is 0 Å². The zero-order valence-electron chi connectivity index (χ0n) is 17.6. The number of aryl methyl sites for hydroxylation is 1. The van der Waals surface area contributed by atoms with Gasteiger partial charge in [-0.3, -0.25) is 9.59 Å². The molecule has 9 heteroatoms. The molecule has 0 unspecified atom stereocenters. The number of carbonyl (C=O) groups is 3. The van der Waals surface area contributed by atoms with E-state index in [0.29, 0.717) is 29.4 Å². The Morgan fingerprint density at radius 3 is 2.52 bits per heavy atom. The molecule has 9 nitrogen and oxygen atoms in total. The Balaban J connectivity index is 1.91. The highest BCUT2D eigenvalue weighted by atomic mass is 16.6. The van der Waals surface area contributed by atoms with E-state index in [1.165, 1.54) is 13.3 Å². The van der Waals surface area contributed by atoms with Crippen LogP contribution in [0.4, 0.5) is 5.69 Å². The quantitative estimate of drug-likeness (QED) is 0.260. The molecule has 2 aromatic carbocycles. The number of rotatable bonds is 10. The lowest BCUT2D eigenvalue weighted by molar-refractivity contribution is -0.143. The minimum atomic E-state index is -0.551. The van der Waals surface area contributed by atoms with Crippen molar-refractivity contribution in [2.45, 2.75) is 20.3 Å². The van der Waals surface area contributed by atoms with Gasteiger partial charge in [-0.1, -0.05) is 18.2 Å². The van der Waals surface area contributed by atoms with E-state index in [-0.39, 0.29) is 13.0 Å². The van der Waals surface area contributed by atoms with Crippen LogP contribution >= 0.6 is 0 Å². The molecule has 2 amide bonds. The van der Waals surface area contributed by atoms with Crippen LogP contribution < -0.4 is 20.2 Å². The minimum absolute atomic E-state index is 0.245. The Morgan fingerprint density at radius 2 is 1.81 bits per heavy atom. The number of methoxy groups -OCH3 is 1. The zero-order chi connectivity index (χ0) is 22.6. The normalized spacial score (nSPS) is 10.4. The largest absolute Gasteiger partial charge is 0.490 e. The Morgan fingerprint density at radius 1 is 1.03 bits per heavy atom. The van der Waals surface area contributed by atoms with E-state index in [9.17, 15) is 14.4 Å². The highest BCUT2D eigenvalue weighted by molar-refractivity contribution is 6.04. The fourth-order valence-electron chi connectivity index (χ4n) is 2.46. The number of hydrazone groups is 1. The molecule has 0 radical (unpaired) electrons. The summed E-state index contributed by atoms with van der Waals surface area (Å²) in [6, 6.07) is 12.2. The molecule has 0 aromatic heterocycles. The zero-order valence-corrected chi connectivity index (χ0v) is 17.6. The number of ether oxygens (including phenoxy) is 3. The van der Waals surface area contributed by atoms with Gasteiger partial charge in [-0.15, -0.1) is 0 Å². The maximum atomic E-state index is 12.0. The molecule has 2 aromatic rings. The molecule has 0 aliphatic rings. The van der Waals surface area contributed by atoms with E-state index in [0.717, 1.165) is 5.56 Å². The third-order valence-electron chi connectivity index (χ3n) is 3.98. The first kappa shape index (κ1) is 23.4. The summed E-state index contributed by atoms with van der Waals surface area (Å²) in [7, 11) is 1.27. The molecule has 0 saturated heterocycles. The van der Waals surface area contributed by atoms with Crippen molar-refractivity contribution in [2.24, 2.45) is 5.10 Å². The Hall–Kier alpha value is -3.88. The third-order valence-corrected chi connectivity index (χ3v) is 3.98. The van der Waals surface area contributed by atoms with Crippen molar-refractivity contribution in [1.82, 2.24) is 5.43 Å². The van der Waals surface area contributed by atoms with E-state index in [1.54, 1.807) is 30.3 Å². The summed E-state index contributed by atoms with van der Waals surface area (Å²) in [6.45, 7) is 3.82. The Labute approximate surface area is 180 Å². The predicted molar refractivity (Wildman–Crippen MR) is 115 cm³/mol. The number of esters is 1. The first-order chi connectivity index (χ1) is 14.9. The lowest BCUT2D eigenvalue weighted by atomic mass is 10.2. The first-order valence-corrected chi connectivity index (χ1v) is 9.56. The molecule has 0 fully saturated rings. The second-order valence-corrected chi connectivity index (χ2v) is 6.34. The number of para-hydroxylation sites is 1. The van der Waals surface area contributed by atoms with Gasteiger partial charge in [0.15, 0.2) is 18.1 Å². The molecule has 31 heavy (non-hydrogen) atoms. The number of nitrogens with one attached hydrogen (secondary N) is 2. The predicted octanol–water partition coefficient (Wildman–Crippen LogP) is 2.42. The van der Waals surface area contributed by atoms with Gasteiger partial charge in [-0.2, -0.15) is 5.10 Å². The number of benzene rings is 2. The maximum absolute atomic E-state index is 12.0. The number of carbonyl (C=O) groups excluding carboxylic acids is 3. The molecule has 2 rings (SSSR count). The summed E-state index contributed by atoms with van der Waals surface area (Å²) >= 11 is 0. The molecular formula is C22H25N3O6. The Kier molecular flexibility index (Phi) is 9.03. The topological polar surface area (TPSA) is 115 Å². The minimum Gasteiger partial charge on any atom is -0.490 e. The van der Waals surface area contributed by atoms with E-state index in [4.69, 9.17) is 9.47 Å². The molecule has 164 valence electrons. The lowest BCUT2D eigenvalue weighted by Crippen LogP contribution is -2.24. The molecule has 0 heterocycles. The average Bonchev–Trinajstić information content (AvgIpc) is 2.74.